The molecule has 6 aliphatic rings. The molecule has 4 aromatic rings. The number of aromatic amines is 1. The number of nitrogens with zero attached hydrogens (tertiary/aromatic N) is 5. The van der Waals surface area contributed by atoms with Gasteiger partial charge in [-0.05, 0) is 122 Å². The molecule has 0 spiro atoms. The minimum atomic E-state index is -1.27. The molecule has 3 N–H and O–H groups in total. The summed E-state index contributed by atoms with van der Waals surface area (Å²) < 4.78 is 0. The van der Waals surface area contributed by atoms with Crippen molar-refractivity contribution >= 4 is 39.9 Å². The summed E-state index contributed by atoms with van der Waals surface area (Å²) in [6.07, 6.45) is 16.4. The second kappa shape index (κ2) is 16.8. The number of imidazole rings is 1. The predicted octanol–water partition coefficient (Wildman–Crippen LogP) is 10.4. The highest BCUT2D eigenvalue weighted by molar-refractivity contribution is 6.01. The molecule has 4 aliphatic heterocycles. The number of hydrogen-bond acceptors (Lipinski definition) is 7. The van der Waals surface area contributed by atoms with Crippen LogP contribution in [0.15, 0.2) is 65.7 Å². The number of amides is 2. The van der Waals surface area contributed by atoms with Gasteiger partial charge in [0.2, 0.25) is 0 Å². The Balaban J connectivity index is 0.915. The van der Waals surface area contributed by atoms with E-state index in [4.69, 9.17) is 9.98 Å². The highest BCUT2D eigenvalue weighted by Gasteiger charge is 2.46. The van der Waals surface area contributed by atoms with E-state index >= 15 is 0 Å². The zero-order valence-electron chi connectivity index (χ0n) is 37.9. The first-order valence-electron chi connectivity index (χ1n) is 24.5. The van der Waals surface area contributed by atoms with Gasteiger partial charge < -0.3 is 29.9 Å². The second-order valence-corrected chi connectivity index (χ2v) is 21.1. The van der Waals surface area contributed by atoms with Gasteiger partial charge in [-0.25, -0.2) is 4.98 Å². The van der Waals surface area contributed by atoms with Crippen molar-refractivity contribution in [2.45, 2.75) is 184 Å². The molecule has 0 unspecified atom stereocenters. The second-order valence-electron chi connectivity index (χ2n) is 21.1. The number of aliphatic hydroxyl groups is 2. The van der Waals surface area contributed by atoms with Crippen molar-refractivity contribution in [1.82, 2.24) is 19.8 Å². The van der Waals surface area contributed by atoms with Crippen LogP contribution in [0.1, 0.15) is 183 Å². The van der Waals surface area contributed by atoms with Gasteiger partial charge in [-0.15, -0.1) is 0 Å². The minimum Gasteiger partial charge on any atom is -0.380 e. The number of aliphatic imine (C=N–C) groups is 1. The Bertz CT molecular complexity index is 2360. The fraction of sp³-hybridized carbons (Fsp3) is 0.585. The standard InChI is InChI=1S/C53H68N6O4/c1-51(2,3)38-18-20-39(21-19-38)59-44(35-16-22-40-37(32-35)34-43(54-40)46-14-12-30-57(46)49(60)52(62)26-8-4-5-9-27-52)24-25-45(59)36-17-23-41-42(33-36)56-48(55-41)47-15-13-31-58(47)50(61)53(63)28-10-6-7-11-29-53/h16-23,32-33,44-47,62-63H,4-15,24-31,34H2,1-3H3,(H,55,56)/t44-,45-,46+,47+/m0/s1. The molecule has 10 nitrogen and oxygen atoms in total. The average molecular weight is 853 g/mol. The Morgan fingerprint density at radius 1 is 0.651 bits per heavy atom. The summed E-state index contributed by atoms with van der Waals surface area (Å²) in [7, 11) is 0. The highest BCUT2D eigenvalue weighted by atomic mass is 16.3. The van der Waals surface area contributed by atoms with Crippen LogP contribution in [0, 0.1) is 0 Å². The third-order valence-electron chi connectivity index (χ3n) is 15.8. The van der Waals surface area contributed by atoms with Crippen LogP contribution in [0.3, 0.4) is 0 Å². The summed E-state index contributed by atoms with van der Waals surface area (Å²) in [5.74, 6) is 0.614. The number of rotatable bonds is 7. The predicted molar refractivity (Wildman–Crippen MR) is 249 cm³/mol. The number of benzene rings is 3. The molecular weight excluding hydrogens is 785 g/mol. The lowest BCUT2D eigenvalue weighted by Gasteiger charge is -2.34. The SMILES string of the molecule is CC(C)(C)c1ccc(N2[C@H](c3ccc4c(c3)CC([C@H]3CCCN3C(=O)C3(O)CCCCCC3)=N4)CC[C@H]2c2ccc3nc([C@H]4CCCN4C(=O)C4(O)CCCCCC4)[nH]c3c2)cc1. The lowest BCUT2D eigenvalue weighted by molar-refractivity contribution is -0.154. The van der Waals surface area contributed by atoms with Crippen LogP contribution in [0.25, 0.3) is 11.0 Å². The molecule has 63 heavy (non-hydrogen) atoms. The van der Waals surface area contributed by atoms with Gasteiger partial charge in [0.15, 0.2) is 0 Å². The zero-order chi connectivity index (χ0) is 43.5. The molecule has 10 heteroatoms. The van der Waals surface area contributed by atoms with Crippen LogP contribution in [-0.4, -0.2) is 77.8 Å². The maximum absolute atomic E-state index is 14.0. The van der Waals surface area contributed by atoms with E-state index in [-0.39, 0.29) is 41.4 Å². The molecule has 1 aromatic heterocycles. The third kappa shape index (κ3) is 8.02. The van der Waals surface area contributed by atoms with Crippen LogP contribution in [0.2, 0.25) is 0 Å². The van der Waals surface area contributed by atoms with Gasteiger partial charge in [0.05, 0.1) is 40.9 Å². The van der Waals surface area contributed by atoms with Crippen molar-refractivity contribution in [2.75, 3.05) is 18.0 Å². The Kier molecular flexibility index (Phi) is 11.3. The van der Waals surface area contributed by atoms with Gasteiger partial charge in [0, 0.05) is 30.9 Å². The van der Waals surface area contributed by atoms with Crippen LogP contribution < -0.4 is 4.90 Å². The van der Waals surface area contributed by atoms with Crippen LogP contribution in [0.5, 0.6) is 0 Å². The summed E-state index contributed by atoms with van der Waals surface area (Å²) in [4.78, 5) is 48.3. The van der Waals surface area contributed by atoms with E-state index < -0.39 is 11.2 Å². The zero-order valence-corrected chi connectivity index (χ0v) is 37.9. The topological polar surface area (TPSA) is 125 Å². The van der Waals surface area contributed by atoms with Crippen molar-refractivity contribution in [2.24, 2.45) is 4.99 Å². The smallest absolute Gasteiger partial charge is 0.255 e. The molecule has 0 bridgehead atoms. The monoisotopic (exact) mass is 853 g/mol. The average Bonchev–Trinajstić information content (AvgIpc) is 4.12. The molecule has 2 saturated carbocycles. The van der Waals surface area contributed by atoms with E-state index in [0.29, 0.717) is 38.8 Å². The number of nitrogens with one attached hydrogen (secondary N) is 1. The van der Waals surface area contributed by atoms with Gasteiger partial charge in [-0.2, -0.15) is 0 Å². The maximum Gasteiger partial charge on any atom is 0.255 e. The Morgan fingerprint density at radius 3 is 1.81 bits per heavy atom. The first kappa shape index (κ1) is 42.4. The normalized spacial score (nSPS) is 26.2. The van der Waals surface area contributed by atoms with Crippen molar-refractivity contribution in [3.05, 3.63) is 88.7 Å². The summed E-state index contributed by atoms with van der Waals surface area (Å²) in [5.41, 5.74) is 7.72. The van der Waals surface area contributed by atoms with Crippen molar-refractivity contribution in [3.8, 4) is 0 Å². The molecular formula is C53H68N6O4. The molecule has 3 aromatic carbocycles. The lowest BCUT2D eigenvalue weighted by atomic mass is 9.87. The number of hydrogen-bond donors (Lipinski definition) is 3. The van der Waals surface area contributed by atoms with Gasteiger partial charge in [0.1, 0.15) is 17.0 Å². The number of fused-ring (bicyclic) bond motifs is 2. The first-order valence-corrected chi connectivity index (χ1v) is 24.5. The van der Waals surface area contributed by atoms with Gasteiger partial charge in [-0.3, -0.25) is 14.6 Å². The molecule has 334 valence electrons. The number of carbonyl (C=O) groups excluding carboxylic acids is 2. The van der Waals surface area contributed by atoms with Gasteiger partial charge in [-0.1, -0.05) is 102 Å². The Morgan fingerprint density at radius 2 is 1.21 bits per heavy atom. The molecule has 4 atom stereocenters. The lowest BCUT2D eigenvalue weighted by Crippen LogP contribution is -2.52. The number of H-pyrrole nitrogens is 1. The van der Waals surface area contributed by atoms with E-state index in [1.165, 1.54) is 27.9 Å². The summed E-state index contributed by atoms with van der Waals surface area (Å²) in [6.45, 7) is 8.13. The summed E-state index contributed by atoms with van der Waals surface area (Å²) >= 11 is 0. The molecule has 2 amide bonds. The van der Waals surface area contributed by atoms with E-state index in [1.807, 2.05) is 9.80 Å². The minimum absolute atomic E-state index is 0.0450. The quantitative estimate of drug-likeness (QED) is 0.159. The van der Waals surface area contributed by atoms with E-state index in [1.54, 1.807) is 0 Å². The van der Waals surface area contributed by atoms with Crippen molar-refractivity contribution < 1.29 is 19.8 Å². The van der Waals surface area contributed by atoms with Crippen LogP contribution in [-0.2, 0) is 21.4 Å². The summed E-state index contributed by atoms with van der Waals surface area (Å²) in [5, 5.41) is 23.1. The number of aromatic nitrogens is 2. The molecule has 2 aliphatic carbocycles. The molecule has 10 rings (SSSR count). The Labute approximate surface area is 373 Å². The fourth-order valence-electron chi connectivity index (χ4n) is 12.3. The van der Waals surface area contributed by atoms with Crippen molar-refractivity contribution in [3.63, 3.8) is 0 Å². The van der Waals surface area contributed by atoms with Crippen molar-refractivity contribution in [1.29, 1.82) is 0 Å². The van der Waals surface area contributed by atoms with Crippen LogP contribution >= 0.6 is 0 Å². The van der Waals surface area contributed by atoms with E-state index in [0.717, 1.165) is 125 Å². The highest BCUT2D eigenvalue weighted by Crippen LogP contribution is 2.49. The molecule has 5 fully saturated rings. The maximum atomic E-state index is 14.0. The van der Waals surface area contributed by atoms with Gasteiger partial charge in [0.25, 0.3) is 11.8 Å². The van der Waals surface area contributed by atoms with E-state index in [9.17, 15) is 19.8 Å². The molecule has 3 saturated heterocycles. The van der Waals surface area contributed by atoms with E-state index in [2.05, 4.69) is 91.3 Å². The van der Waals surface area contributed by atoms with Gasteiger partial charge >= 0.3 is 0 Å². The fourth-order valence-corrected chi connectivity index (χ4v) is 12.3. The Hall–Kier alpha value is -4.54. The largest absolute Gasteiger partial charge is 0.380 e. The molecule has 0 radical (unpaired) electrons. The number of likely N-dealkylation sites (tertiary alicyclic amines) is 2. The molecule has 5 heterocycles. The number of carbonyl (C=O) groups is 2. The number of anilines is 1. The third-order valence-corrected chi connectivity index (χ3v) is 15.8. The summed E-state index contributed by atoms with van der Waals surface area (Å²) in [6, 6.07) is 22.7. The first-order chi connectivity index (χ1) is 30.4. The van der Waals surface area contributed by atoms with Crippen LogP contribution in [0.4, 0.5) is 11.4 Å².